The van der Waals surface area contributed by atoms with Gasteiger partial charge in [0, 0.05) is 23.9 Å². The topological polar surface area (TPSA) is 65.5 Å². The Hall–Kier alpha value is -2.99. The van der Waals surface area contributed by atoms with E-state index in [-0.39, 0.29) is 23.9 Å². The van der Waals surface area contributed by atoms with Gasteiger partial charge >= 0.3 is 0 Å². The SMILES string of the molecule is C[C@H]1C=C(C(=O)N2c3ccccc3C(=O)Nc3cccnc32)C[C@H](C)N1C. The van der Waals surface area contributed by atoms with Gasteiger partial charge in [0.15, 0.2) is 5.82 Å². The van der Waals surface area contributed by atoms with Gasteiger partial charge in [-0.15, -0.1) is 0 Å². The molecule has 0 saturated carbocycles. The fraction of sp³-hybridized carbons (Fsp3) is 0.286. The summed E-state index contributed by atoms with van der Waals surface area (Å²) in [6, 6.07) is 11.1. The Morgan fingerprint density at radius 3 is 2.74 bits per heavy atom. The van der Waals surface area contributed by atoms with Gasteiger partial charge in [0.05, 0.1) is 16.9 Å². The van der Waals surface area contributed by atoms with Crippen LogP contribution in [0.2, 0.25) is 0 Å². The number of anilines is 3. The molecule has 0 spiro atoms. The van der Waals surface area contributed by atoms with Gasteiger partial charge in [-0.3, -0.25) is 19.4 Å². The van der Waals surface area contributed by atoms with Crippen LogP contribution in [0.4, 0.5) is 17.2 Å². The first-order valence-electron chi connectivity index (χ1n) is 9.10. The highest BCUT2D eigenvalue weighted by Crippen LogP contribution is 2.38. The van der Waals surface area contributed by atoms with Crippen LogP contribution in [-0.2, 0) is 4.79 Å². The van der Waals surface area contributed by atoms with Crippen LogP contribution in [-0.4, -0.2) is 40.8 Å². The average molecular weight is 362 g/mol. The number of benzene rings is 1. The number of fused-ring (bicyclic) bond motifs is 2. The Kier molecular flexibility index (Phi) is 4.28. The molecule has 2 aliphatic heterocycles. The maximum absolute atomic E-state index is 13.6. The second-order valence-electron chi connectivity index (χ2n) is 7.14. The number of nitrogens with zero attached hydrogens (tertiary/aromatic N) is 3. The first-order chi connectivity index (χ1) is 13.0. The van der Waals surface area contributed by atoms with Gasteiger partial charge in [-0.2, -0.15) is 0 Å². The van der Waals surface area contributed by atoms with Gasteiger partial charge in [0.25, 0.3) is 11.8 Å². The molecule has 4 rings (SSSR count). The Morgan fingerprint density at radius 2 is 1.96 bits per heavy atom. The number of hydrogen-bond donors (Lipinski definition) is 1. The van der Waals surface area contributed by atoms with Crippen molar-refractivity contribution in [3.05, 3.63) is 59.8 Å². The van der Waals surface area contributed by atoms with Crippen molar-refractivity contribution in [2.24, 2.45) is 0 Å². The fourth-order valence-electron chi connectivity index (χ4n) is 3.69. The zero-order valence-electron chi connectivity index (χ0n) is 15.6. The van der Waals surface area contributed by atoms with Crippen molar-refractivity contribution in [3.63, 3.8) is 0 Å². The molecule has 138 valence electrons. The first kappa shape index (κ1) is 17.4. The van der Waals surface area contributed by atoms with E-state index in [9.17, 15) is 9.59 Å². The molecule has 2 aromatic rings. The maximum atomic E-state index is 13.6. The molecule has 3 heterocycles. The van der Waals surface area contributed by atoms with E-state index >= 15 is 0 Å². The highest BCUT2D eigenvalue weighted by atomic mass is 16.2. The van der Waals surface area contributed by atoms with Crippen molar-refractivity contribution >= 4 is 29.0 Å². The zero-order chi connectivity index (χ0) is 19.1. The summed E-state index contributed by atoms with van der Waals surface area (Å²) in [4.78, 5) is 34.5. The largest absolute Gasteiger partial charge is 0.319 e. The number of amides is 2. The third kappa shape index (κ3) is 2.92. The molecule has 27 heavy (non-hydrogen) atoms. The van der Waals surface area contributed by atoms with Crippen molar-refractivity contribution in [2.45, 2.75) is 32.4 Å². The smallest absolute Gasteiger partial charge is 0.259 e. The first-order valence-corrected chi connectivity index (χ1v) is 9.10. The van der Waals surface area contributed by atoms with Crippen molar-refractivity contribution < 1.29 is 9.59 Å². The summed E-state index contributed by atoms with van der Waals surface area (Å²) in [5, 5.41) is 2.87. The van der Waals surface area contributed by atoms with E-state index in [1.165, 1.54) is 0 Å². The van der Waals surface area contributed by atoms with E-state index in [0.717, 1.165) is 5.57 Å². The van der Waals surface area contributed by atoms with Crippen LogP contribution < -0.4 is 10.2 Å². The van der Waals surface area contributed by atoms with E-state index in [4.69, 9.17) is 0 Å². The van der Waals surface area contributed by atoms with Crippen molar-refractivity contribution in [1.82, 2.24) is 9.88 Å². The molecule has 1 aromatic carbocycles. The minimum Gasteiger partial charge on any atom is -0.319 e. The molecule has 0 saturated heterocycles. The lowest BCUT2D eigenvalue weighted by molar-refractivity contribution is -0.115. The number of nitrogens with one attached hydrogen (secondary N) is 1. The summed E-state index contributed by atoms with van der Waals surface area (Å²) in [5.74, 6) is 0.0703. The minimum atomic E-state index is -0.241. The Morgan fingerprint density at radius 1 is 1.19 bits per heavy atom. The Bertz CT molecular complexity index is 953. The number of likely N-dealkylation sites (N-methyl/N-ethyl adjacent to an activating group) is 1. The Balaban J connectivity index is 1.87. The molecule has 0 bridgehead atoms. The van der Waals surface area contributed by atoms with Crippen LogP contribution >= 0.6 is 0 Å². The maximum Gasteiger partial charge on any atom is 0.259 e. The van der Waals surface area contributed by atoms with Crippen LogP contribution in [0.3, 0.4) is 0 Å². The lowest BCUT2D eigenvalue weighted by Crippen LogP contribution is -2.42. The number of carbonyl (C=O) groups excluding carboxylic acids is 2. The van der Waals surface area contributed by atoms with Crippen LogP contribution in [0.25, 0.3) is 0 Å². The van der Waals surface area contributed by atoms with Crippen LogP contribution in [0.5, 0.6) is 0 Å². The predicted octanol–water partition coefficient (Wildman–Crippen LogP) is 3.35. The van der Waals surface area contributed by atoms with Crippen molar-refractivity contribution in [3.8, 4) is 0 Å². The van der Waals surface area contributed by atoms with E-state index in [1.807, 2.05) is 12.1 Å². The third-order valence-corrected chi connectivity index (χ3v) is 5.41. The average Bonchev–Trinajstić information content (AvgIpc) is 2.79. The van der Waals surface area contributed by atoms with E-state index < -0.39 is 0 Å². The summed E-state index contributed by atoms with van der Waals surface area (Å²) in [6.07, 6.45) is 4.29. The second kappa shape index (κ2) is 6.63. The summed E-state index contributed by atoms with van der Waals surface area (Å²) in [5.41, 5.74) is 2.28. The lowest BCUT2D eigenvalue weighted by Gasteiger charge is -2.35. The van der Waals surface area contributed by atoms with Crippen LogP contribution in [0.15, 0.2) is 54.2 Å². The number of para-hydroxylation sites is 1. The molecule has 6 nitrogen and oxygen atoms in total. The molecule has 0 radical (unpaired) electrons. The van der Waals surface area contributed by atoms with Gasteiger partial charge in [0.1, 0.15) is 0 Å². The normalized spacial score (nSPS) is 22.3. The van der Waals surface area contributed by atoms with E-state index in [2.05, 4.69) is 36.1 Å². The number of aromatic nitrogens is 1. The predicted molar refractivity (Wildman–Crippen MR) is 105 cm³/mol. The standard InChI is InChI=1S/C21H22N4O2/c1-13-11-15(12-14(2)24(13)3)21(27)25-18-9-5-4-7-16(18)20(26)23-17-8-6-10-22-19(17)25/h4-11,13-14H,12H2,1-3H3,(H,23,26)/t13-,14-/m0/s1. The number of pyridine rings is 1. The van der Waals surface area contributed by atoms with Crippen molar-refractivity contribution in [1.29, 1.82) is 0 Å². The molecule has 0 aliphatic carbocycles. The summed E-state index contributed by atoms with van der Waals surface area (Å²) >= 11 is 0. The summed E-state index contributed by atoms with van der Waals surface area (Å²) in [7, 11) is 2.06. The molecule has 0 fully saturated rings. The minimum absolute atomic E-state index is 0.134. The molecule has 2 aliphatic rings. The van der Waals surface area contributed by atoms with Crippen molar-refractivity contribution in [2.75, 3.05) is 17.3 Å². The fourth-order valence-corrected chi connectivity index (χ4v) is 3.69. The number of rotatable bonds is 1. The molecule has 1 aromatic heterocycles. The number of carbonyl (C=O) groups is 2. The van der Waals surface area contributed by atoms with Crippen LogP contribution in [0, 0.1) is 0 Å². The van der Waals surface area contributed by atoms with Gasteiger partial charge in [-0.05, 0) is 51.6 Å². The van der Waals surface area contributed by atoms with Gasteiger partial charge in [0.2, 0.25) is 0 Å². The third-order valence-electron chi connectivity index (χ3n) is 5.41. The van der Waals surface area contributed by atoms with Gasteiger partial charge in [-0.1, -0.05) is 18.2 Å². The summed E-state index contributed by atoms with van der Waals surface area (Å²) in [6.45, 7) is 4.20. The molecule has 2 amide bonds. The highest BCUT2D eigenvalue weighted by molar-refractivity contribution is 6.20. The van der Waals surface area contributed by atoms with E-state index in [1.54, 1.807) is 41.4 Å². The second-order valence-corrected chi connectivity index (χ2v) is 7.14. The zero-order valence-corrected chi connectivity index (χ0v) is 15.6. The summed E-state index contributed by atoms with van der Waals surface area (Å²) < 4.78 is 0. The quantitative estimate of drug-likeness (QED) is 0.845. The van der Waals surface area contributed by atoms with Crippen LogP contribution in [0.1, 0.15) is 30.6 Å². The molecular weight excluding hydrogens is 340 g/mol. The molecule has 6 heteroatoms. The lowest BCUT2D eigenvalue weighted by atomic mass is 9.96. The monoisotopic (exact) mass is 362 g/mol. The Labute approximate surface area is 158 Å². The van der Waals surface area contributed by atoms with Gasteiger partial charge in [-0.25, -0.2) is 4.98 Å². The molecule has 1 N–H and O–H groups in total. The number of hydrogen-bond acceptors (Lipinski definition) is 4. The van der Waals surface area contributed by atoms with E-state index in [0.29, 0.717) is 29.2 Å². The van der Waals surface area contributed by atoms with Gasteiger partial charge < -0.3 is 5.32 Å². The highest BCUT2D eigenvalue weighted by Gasteiger charge is 2.34. The molecule has 2 atom stereocenters. The molecule has 0 unspecified atom stereocenters. The molecular formula is C21H22N4O2.